The predicted molar refractivity (Wildman–Crippen MR) is 136 cm³/mol. The standard InChI is InChI=1S/C29H60/c1-7-23-29(24-8-2,25-19-15-11-9-13-17-21-27(3)4)26-20-16-12-10-14-18-22-28(5)6/h27-28H,7-26H2,1-6H3. The fourth-order valence-corrected chi connectivity index (χ4v) is 5.33. The Kier molecular flexibility index (Phi) is 19.9. The lowest BCUT2D eigenvalue weighted by Gasteiger charge is -2.34. The van der Waals surface area contributed by atoms with E-state index in [-0.39, 0.29) is 0 Å². The van der Waals surface area contributed by atoms with E-state index in [2.05, 4.69) is 41.5 Å². The summed E-state index contributed by atoms with van der Waals surface area (Å²) in [5, 5.41) is 0. The topological polar surface area (TPSA) is 0 Å². The zero-order chi connectivity index (χ0) is 21.8. The Balaban J connectivity index is 4.02. The van der Waals surface area contributed by atoms with Crippen molar-refractivity contribution in [1.29, 1.82) is 0 Å². The second kappa shape index (κ2) is 19.9. The lowest BCUT2D eigenvalue weighted by Crippen LogP contribution is -2.21. The Morgan fingerprint density at radius 2 is 0.724 bits per heavy atom. The first-order valence-corrected chi connectivity index (χ1v) is 14.0. The summed E-state index contributed by atoms with van der Waals surface area (Å²) in [6.07, 6.45) is 29.2. The van der Waals surface area contributed by atoms with Gasteiger partial charge >= 0.3 is 0 Å². The summed E-state index contributed by atoms with van der Waals surface area (Å²) in [6.45, 7) is 14.2. The average molecular weight is 409 g/mol. The zero-order valence-electron chi connectivity index (χ0n) is 21.8. The van der Waals surface area contributed by atoms with Crippen molar-refractivity contribution < 1.29 is 0 Å². The minimum absolute atomic E-state index is 0.679. The molecule has 0 aliphatic rings. The maximum absolute atomic E-state index is 2.41. The minimum Gasteiger partial charge on any atom is -0.0654 e. The van der Waals surface area contributed by atoms with E-state index in [4.69, 9.17) is 0 Å². The van der Waals surface area contributed by atoms with E-state index in [9.17, 15) is 0 Å². The molecule has 0 radical (unpaired) electrons. The first kappa shape index (κ1) is 29.0. The normalized spacial score (nSPS) is 12.4. The van der Waals surface area contributed by atoms with E-state index < -0.39 is 0 Å². The summed E-state index contributed by atoms with van der Waals surface area (Å²) in [5.41, 5.74) is 0.679. The van der Waals surface area contributed by atoms with Crippen molar-refractivity contribution in [3.8, 4) is 0 Å². The molecular formula is C29H60. The van der Waals surface area contributed by atoms with Gasteiger partial charge < -0.3 is 0 Å². The third kappa shape index (κ3) is 18.5. The average Bonchev–Trinajstić information content (AvgIpc) is 2.66. The molecule has 0 saturated carbocycles. The number of hydrogen-bond donors (Lipinski definition) is 0. The molecule has 0 aromatic heterocycles. The summed E-state index contributed by atoms with van der Waals surface area (Å²) in [5.74, 6) is 1.78. The molecule has 29 heavy (non-hydrogen) atoms. The van der Waals surface area contributed by atoms with Gasteiger partial charge in [-0.25, -0.2) is 0 Å². The molecule has 0 fully saturated rings. The molecule has 0 atom stereocenters. The molecule has 0 aromatic rings. The highest BCUT2D eigenvalue weighted by Gasteiger charge is 2.27. The van der Waals surface area contributed by atoms with Crippen LogP contribution in [0.3, 0.4) is 0 Å². The number of rotatable bonds is 22. The van der Waals surface area contributed by atoms with Gasteiger partial charge in [0.05, 0.1) is 0 Å². The van der Waals surface area contributed by atoms with Gasteiger partial charge in [-0.3, -0.25) is 0 Å². The molecular weight excluding hydrogens is 348 g/mol. The molecule has 0 heteroatoms. The van der Waals surface area contributed by atoms with Gasteiger partial charge in [0.2, 0.25) is 0 Å². The quantitative estimate of drug-likeness (QED) is 0.156. The molecule has 0 aliphatic heterocycles. The Labute approximate surface area is 187 Å². The maximum Gasteiger partial charge on any atom is -0.0298 e. The smallest absolute Gasteiger partial charge is 0.0298 e. The van der Waals surface area contributed by atoms with Gasteiger partial charge in [0.15, 0.2) is 0 Å². The van der Waals surface area contributed by atoms with Crippen LogP contribution in [-0.2, 0) is 0 Å². The van der Waals surface area contributed by atoms with Crippen LogP contribution in [0.4, 0.5) is 0 Å². The fraction of sp³-hybridized carbons (Fsp3) is 1.00. The number of hydrogen-bond acceptors (Lipinski definition) is 0. The van der Waals surface area contributed by atoms with Gasteiger partial charge in [0.1, 0.15) is 0 Å². The highest BCUT2D eigenvalue weighted by molar-refractivity contribution is 4.79. The Morgan fingerprint density at radius 1 is 0.414 bits per heavy atom. The molecule has 176 valence electrons. The lowest BCUT2D eigenvalue weighted by molar-refractivity contribution is 0.180. The zero-order valence-corrected chi connectivity index (χ0v) is 21.8. The van der Waals surface area contributed by atoms with Crippen molar-refractivity contribution in [2.45, 2.75) is 170 Å². The molecule has 0 amide bonds. The summed E-state index contributed by atoms with van der Waals surface area (Å²) in [4.78, 5) is 0. The first-order valence-electron chi connectivity index (χ1n) is 14.0. The minimum atomic E-state index is 0.679. The van der Waals surface area contributed by atoms with Crippen LogP contribution < -0.4 is 0 Å². The second-order valence-corrected chi connectivity index (χ2v) is 11.1. The second-order valence-electron chi connectivity index (χ2n) is 11.1. The van der Waals surface area contributed by atoms with Crippen LogP contribution in [0.2, 0.25) is 0 Å². The molecule has 0 saturated heterocycles. The third-order valence-electron chi connectivity index (χ3n) is 7.04. The van der Waals surface area contributed by atoms with Crippen LogP contribution in [0.15, 0.2) is 0 Å². The molecule has 0 nitrogen and oxygen atoms in total. The molecule has 0 rings (SSSR count). The van der Waals surface area contributed by atoms with E-state index in [1.54, 1.807) is 0 Å². The SMILES string of the molecule is CCCC(CCC)(CCCCCCCCC(C)C)CCCCCCCCC(C)C. The van der Waals surface area contributed by atoms with E-state index in [1.807, 2.05) is 0 Å². The molecule has 0 spiro atoms. The highest BCUT2D eigenvalue weighted by atomic mass is 14.3. The van der Waals surface area contributed by atoms with Crippen LogP contribution >= 0.6 is 0 Å². The molecule has 0 aromatic carbocycles. The van der Waals surface area contributed by atoms with Gasteiger partial charge in [-0.1, -0.05) is 144 Å². The van der Waals surface area contributed by atoms with Crippen LogP contribution in [0.25, 0.3) is 0 Å². The number of unbranched alkanes of at least 4 members (excludes halogenated alkanes) is 10. The van der Waals surface area contributed by atoms with Crippen LogP contribution in [-0.4, -0.2) is 0 Å². The summed E-state index contributed by atoms with van der Waals surface area (Å²) in [7, 11) is 0. The maximum atomic E-state index is 2.41. The van der Waals surface area contributed by atoms with Gasteiger partial charge in [0, 0.05) is 0 Å². The van der Waals surface area contributed by atoms with E-state index in [1.165, 1.54) is 128 Å². The highest BCUT2D eigenvalue weighted by Crippen LogP contribution is 2.41. The molecule has 0 N–H and O–H groups in total. The van der Waals surface area contributed by atoms with Crippen molar-refractivity contribution >= 4 is 0 Å². The first-order chi connectivity index (χ1) is 14.0. The van der Waals surface area contributed by atoms with Crippen molar-refractivity contribution in [2.24, 2.45) is 17.3 Å². The van der Waals surface area contributed by atoms with E-state index in [0.29, 0.717) is 5.41 Å². The van der Waals surface area contributed by atoms with Gasteiger partial charge in [-0.15, -0.1) is 0 Å². The summed E-state index contributed by atoms with van der Waals surface area (Å²) < 4.78 is 0. The van der Waals surface area contributed by atoms with Gasteiger partial charge in [0.25, 0.3) is 0 Å². The van der Waals surface area contributed by atoms with Crippen LogP contribution in [0.1, 0.15) is 170 Å². The van der Waals surface area contributed by atoms with Crippen LogP contribution in [0.5, 0.6) is 0 Å². The van der Waals surface area contributed by atoms with Crippen molar-refractivity contribution in [2.75, 3.05) is 0 Å². The van der Waals surface area contributed by atoms with Crippen LogP contribution in [0, 0.1) is 17.3 Å². The third-order valence-corrected chi connectivity index (χ3v) is 7.04. The molecule has 0 aliphatic carbocycles. The Morgan fingerprint density at radius 3 is 1.03 bits per heavy atom. The van der Waals surface area contributed by atoms with Crippen molar-refractivity contribution in [3.63, 3.8) is 0 Å². The summed E-state index contributed by atoms with van der Waals surface area (Å²) >= 11 is 0. The monoisotopic (exact) mass is 408 g/mol. The molecule has 0 heterocycles. The predicted octanol–water partition coefficient (Wildman–Crippen LogP) is 11.1. The summed E-state index contributed by atoms with van der Waals surface area (Å²) in [6, 6.07) is 0. The van der Waals surface area contributed by atoms with E-state index >= 15 is 0 Å². The molecule has 0 bridgehead atoms. The van der Waals surface area contributed by atoms with Gasteiger partial charge in [-0.05, 0) is 42.9 Å². The molecule has 0 unspecified atom stereocenters. The van der Waals surface area contributed by atoms with E-state index in [0.717, 1.165) is 11.8 Å². The Hall–Kier alpha value is 0. The largest absolute Gasteiger partial charge is 0.0654 e. The lowest BCUT2D eigenvalue weighted by atomic mass is 9.71. The van der Waals surface area contributed by atoms with Crippen molar-refractivity contribution in [3.05, 3.63) is 0 Å². The van der Waals surface area contributed by atoms with Crippen molar-refractivity contribution in [1.82, 2.24) is 0 Å². The van der Waals surface area contributed by atoms with Gasteiger partial charge in [-0.2, -0.15) is 0 Å². The fourth-order valence-electron chi connectivity index (χ4n) is 5.33. The Bertz CT molecular complexity index is 282.